The second kappa shape index (κ2) is 8.70. The minimum atomic E-state index is -0.453. The maximum absolute atomic E-state index is 12.9. The fraction of sp³-hybridized carbons (Fsp3) is 0.450. The first-order chi connectivity index (χ1) is 13.2. The third kappa shape index (κ3) is 3.97. The Hall–Kier alpha value is -2.83. The lowest BCUT2D eigenvalue weighted by atomic mass is 9.95. The zero-order valence-electron chi connectivity index (χ0n) is 16.1. The molecule has 0 fully saturated rings. The second-order valence-corrected chi connectivity index (χ2v) is 6.47. The number of ether oxygens (including phenoxy) is 2. The van der Waals surface area contributed by atoms with Crippen LogP contribution < -0.4 is 10.1 Å². The third-order valence-corrected chi connectivity index (χ3v) is 4.42. The van der Waals surface area contributed by atoms with Gasteiger partial charge in [-0.2, -0.15) is 10.1 Å². The maximum atomic E-state index is 12.9. The SMILES string of the molecule is CCCCOC(=O)C1=C(C)Nc2ncnn2C1c1ccccc1OCCC. The molecule has 1 atom stereocenters. The molecule has 0 spiro atoms. The fourth-order valence-electron chi connectivity index (χ4n) is 3.08. The summed E-state index contributed by atoms with van der Waals surface area (Å²) in [5, 5.41) is 7.50. The van der Waals surface area contributed by atoms with Gasteiger partial charge in [0.1, 0.15) is 18.1 Å². The normalized spacial score (nSPS) is 15.9. The van der Waals surface area contributed by atoms with Crippen LogP contribution in [0.5, 0.6) is 5.75 Å². The summed E-state index contributed by atoms with van der Waals surface area (Å²) in [6.45, 7) is 6.98. The summed E-state index contributed by atoms with van der Waals surface area (Å²) in [6, 6.07) is 7.28. The lowest BCUT2D eigenvalue weighted by Gasteiger charge is -2.29. The highest BCUT2D eigenvalue weighted by Gasteiger charge is 2.35. The molecule has 1 aliphatic rings. The molecule has 0 saturated heterocycles. The zero-order valence-corrected chi connectivity index (χ0v) is 16.1. The minimum Gasteiger partial charge on any atom is -0.493 e. The summed E-state index contributed by atoms with van der Waals surface area (Å²) in [7, 11) is 0. The van der Waals surface area contributed by atoms with Crippen LogP contribution in [-0.2, 0) is 9.53 Å². The van der Waals surface area contributed by atoms with Crippen molar-refractivity contribution in [1.29, 1.82) is 0 Å². The van der Waals surface area contributed by atoms with E-state index in [4.69, 9.17) is 9.47 Å². The summed E-state index contributed by atoms with van der Waals surface area (Å²) in [5.41, 5.74) is 2.10. The minimum absolute atomic E-state index is 0.343. The Labute approximate surface area is 159 Å². The van der Waals surface area contributed by atoms with E-state index in [-0.39, 0.29) is 5.97 Å². The summed E-state index contributed by atoms with van der Waals surface area (Å²) >= 11 is 0. The van der Waals surface area contributed by atoms with Crippen LogP contribution in [-0.4, -0.2) is 33.9 Å². The highest BCUT2D eigenvalue weighted by molar-refractivity contribution is 5.92. The molecule has 0 radical (unpaired) electrons. The first-order valence-corrected chi connectivity index (χ1v) is 9.43. The average molecular weight is 370 g/mol. The first-order valence-electron chi connectivity index (χ1n) is 9.43. The number of benzene rings is 1. The molecular weight excluding hydrogens is 344 g/mol. The van der Waals surface area contributed by atoms with Gasteiger partial charge in [0.25, 0.3) is 0 Å². The van der Waals surface area contributed by atoms with Gasteiger partial charge >= 0.3 is 5.97 Å². The molecule has 0 aliphatic carbocycles. The quantitative estimate of drug-likeness (QED) is 0.564. The van der Waals surface area contributed by atoms with E-state index >= 15 is 0 Å². The van der Waals surface area contributed by atoms with Crippen molar-refractivity contribution in [2.24, 2.45) is 0 Å². The molecule has 0 bridgehead atoms. The van der Waals surface area contributed by atoms with Crippen molar-refractivity contribution in [2.75, 3.05) is 18.5 Å². The van der Waals surface area contributed by atoms with Crippen LogP contribution in [0.25, 0.3) is 0 Å². The molecule has 27 heavy (non-hydrogen) atoms. The van der Waals surface area contributed by atoms with Crippen molar-refractivity contribution in [3.05, 3.63) is 47.4 Å². The van der Waals surface area contributed by atoms with E-state index in [1.54, 1.807) is 4.68 Å². The van der Waals surface area contributed by atoms with Crippen molar-refractivity contribution in [1.82, 2.24) is 14.8 Å². The zero-order chi connectivity index (χ0) is 19.2. The van der Waals surface area contributed by atoms with E-state index < -0.39 is 6.04 Å². The number of para-hydroxylation sites is 1. The summed E-state index contributed by atoms with van der Waals surface area (Å²) in [4.78, 5) is 17.2. The monoisotopic (exact) mass is 370 g/mol. The Morgan fingerprint density at radius 2 is 2.04 bits per heavy atom. The molecule has 144 valence electrons. The third-order valence-electron chi connectivity index (χ3n) is 4.42. The van der Waals surface area contributed by atoms with Gasteiger partial charge in [0, 0.05) is 11.3 Å². The number of nitrogens with zero attached hydrogens (tertiary/aromatic N) is 3. The predicted octanol–water partition coefficient (Wildman–Crippen LogP) is 3.70. The van der Waals surface area contributed by atoms with E-state index in [1.165, 1.54) is 6.33 Å². The van der Waals surface area contributed by atoms with Gasteiger partial charge in [0.05, 0.1) is 18.8 Å². The van der Waals surface area contributed by atoms with Gasteiger partial charge in [-0.3, -0.25) is 0 Å². The van der Waals surface area contributed by atoms with Crippen LogP contribution in [0.2, 0.25) is 0 Å². The Kier molecular flexibility index (Phi) is 6.11. The summed E-state index contributed by atoms with van der Waals surface area (Å²) < 4.78 is 13.2. The number of aromatic nitrogens is 3. The van der Waals surface area contributed by atoms with Gasteiger partial charge in [-0.05, 0) is 25.8 Å². The van der Waals surface area contributed by atoms with Crippen molar-refractivity contribution >= 4 is 11.9 Å². The van der Waals surface area contributed by atoms with Crippen molar-refractivity contribution < 1.29 is 14.3 Å². The predicted molar refractivity (Wildman–Crippen MR) is 103 cm³/mol. The number of esters is 1. The number of nitrogens with one attached hydrogen (secondary N) is 1. The largest absolute Gasteiger partial charge is 0.493 e. The molecule has 2 heterocycles. The Balaban J connectivity index is 2.03. The highest BCUT2D eigenvalue weighted by atomic mass is 16.5. The van der Waals surface area contributed by atoms with Gasteiger partial charge in [0.15, 0.2) is 0 Å². The van der Waals surface area contributed by atoms with Crippen molar-refractivity contribution in [3.63, 3.8) is 0 Å². The van der Waals surface area contributed by atoms with Crippen LogP contribution in [0.15, 0.2) is 41.9 Å². The van der Waals surface area contributed by atoms with Gasteiger partial charge < -0.3 is 14.8 Å². The van der Waals surface area contributed by atoms with E-state index in [9.17, 15) is 4.79 Å². The number of allylic oxidation sites excluding steroid dienone is 1. The fourth-order valence-corrected chi connectivity index (χ4v) is 3.08. The maximum Gasteiger partial charge on any atom is 0.338 e. The Bertz CT molecular complexity index is 828. The molecule has 7 nitrogen and oxygen atoms in total. The molecule has 1 unspecified atom stereocenters. The number of hydrogen-bond donors (Lipinski definition) is 1. The molecule has 1 aliphatic heterocycles. The van der Waals surface area contributed by atoms with E-state index in [1.807, 2.05) is 31.2 Å². The number of anilines is 1. The molecule has 1 aromatic carbocycles. The van der Waals surface area contributed by atoms with Crippen LogP contribution in [0.3, 0.4) is 0 Å². The molecule has 1 N–H and O–H groups in total. The average Bonchev–Trinajstić information content (AvgIpc) is 3.13. The van der Waals surface area contributed by atoms with Gasteiger partial charge in [-0.25, -0.2) is 9.48 Å². The highest BCUT2D eigenvalue weighted by Crippen LogP contribution is 2.39. The van der Waals surface area contributed by atoms with E-state index in [2.05, 4.69) is 29.2 Å². The molecule has 2 aromatic rings. The van der Waals surface area contributed by atoms with E-state index in [0.717, 1.165) is 30.6 Å². The van der Waals surface area contributed by atoms with Crippen molar-refractivity contribution in [3.8, 4) is 5.75 Å². The summed E-state index contributed by atoms with van der Waals surface area (Å²) in [6.07, 6.45) is 4.17. The Morgan fingerprint density at radius 1 is 1.22 bits per heavy atom. The molecular formula is C20H26N4O3. The molecule has 3 rings (SSSR count). The number of hydrogen-bond acceptors (Lipinski definition) is 6. The number of fused-ring (bicyclic) bond motifs is 1. The summed E-state index contributed by atoms with van der Waals surface area (Å²) in [5.74, 6) is 0.983. The second-order valence-electron chi connectivity index (χ2n) is 6.47. The van der Waals surface area contributed by atoms with Crippen molar-refractivity contribution in [2.45, 2.75) is 46.1 Å². The molecule has 0 saturated carbocycles. The Morgan fingerprint density at radius 3 is 2.81 bits per heavy atom. The smallest absolute Gasteiger partial charge is 0.338 e. The standard InChI is InChI=1S/C20H26N4O3/c1-4-6-12-27-19(25)17-14(3)23-20-21-13-22-24(20)18(17)15-9-7-8-10-16(15)26-11-5-2/h7-10,13,18H,4-6,11-12H2,1-3H3,(H,21,22,23). The van der Waals surface area contributed by atoms with E-state index in [0.29, 0.717) is 30.4 Å². The number of unbranched alkanes of at least 4 members (excludes halogenated alkanes) is 1. The van der Waals surface area contributed by atoms with Crippen LogP contribution in [0.4, 0.5) is 5.95 Å². The number of carbonyl (C=O) groups excluding carboxylic acids is 1. The van der Waals surface area contributed by atoms with Gasteiger partial charge in [0.2, 0.25) is 5.95 Å². The number of rotatable bonds is 8. The lowest BCUT2D eigenvalue weighted by Crippen LogP contribution is -2.30. The van der Waals surface area contributed by atoms with Crippen LogP contribution >= 0.6 is 0 Å². The first kappa shape index (κ1) is 18.9. The molecule has 0 amide bonds. The van der Waals surface area contributed by atoms with Gasteiger partial charge in [-0.15, -0.1) is 0 Å². The van der Waals surface area contributed by atoms with Crippen LogP contribution in [0.1, 0.15) is 51.6 Å². The lowest BCUT2D eigenvalue weighted by molar-refractivity contribution is -0.139. The topological polar surface area (TPSA) is 78.3 Å². The molecule has 7 heteroatoms. The molecule has 1 aromatic heterocycles. The number of carbonyl (C=O) groups is 1. The van der Waals surface area contributed by atoms with Gasteiger partial charge in [-0.1, -0.05) is 38.5 Å². The van der Waals surface area contributed by atoms with Crippen LogP contribution in [0, 0.1) is 0 Å².